The zero-order valence-electron chi connectivity index (χ0n) is 10.1. The third-order valence-electron chi connectivity index (χ3n) is 3.32. The number of anilines is 1. The van der Waals surface area contributed by atoms with E-state index in [4.69, 9.17) is 11.6 Å². The summed E-state index contributed by atoms with van der Waals surface area (Å²) in [5, 5.41) is 0. The molecule has 0 bridgehead atoms. The van der Waals surface area contributed by atoms with Crippen LogP contribution >= 0.6 is 11.6 Å². The van der Waals surface area contributed by atoms with Gasteiger partial charge in [0.2, 0.25) is 0 Å². The van der Waals surface area contributed by atoms with Crippen LogP contribution < -0.4 is 10.5 Å². The van der Waals surface area contributed by atoms with E-state index < -0.39 is 0 Å². The highest BCUT2D eigenvalue weighted by Crippen LogP contribution is 2.24. The molecule has 0 radical (unpaired) electrons. The molecule has 2 rings (SSSR count). The second kappa shape index (κ2) is 5.54. The van der Waals surface area contributed by atoms with Crippen LogP contribution in [0.25, 0.3) is 0 Å². The second-order valence-electron chi connectivity index (χ2n) is 4.49. The van der Waals surface area contributed by atoms with Gasteiger partial charge in [-0.05, 0) is 25.7 Å². The van der Waals surface area contributed by atoms with Crippen LogP contribution in [0.3, 0.4) is 0 Å². The van der Waals surface area contributed by atoms with Crippen molar-refractivity contribution in [1.29, 1.82) is 0 Å². The lowest BCUT2D eigenvalue weighted by Crippen LogP contribution is -2.36. The number of hydrogen-bond donors (Lipinski definition) is 0. The summed E-state index contributed by atoms with van der Waals surface area (Å²) in [6, 6.07) is 0.427. The number of aryl methyl sites for hydroxylation is 1. The van der Waals surface area contributed by atoms with Crippen molar-refractivity contribution in [2.45, 2.75) is 31.7 Å². The molecule has 1 aliphatic heterocycles. The molecule has 0 spiro atoms. The van der Waals surface area contributed by atoms with Gasteiger partial charge in [-0.2, -0.15) is 0 Å². The molecule has 5 heteroatoms. The van der Waals surface area contributed by atoms with Crippen molar-refractivity contribution in [3.8, 4) is 0 Å². The summed E-state index contributed by atoms with van der Waals surface area (Å²) in [7, 11) is 1.76. The maximum absolute atomic E-state index is 12.0. The lowest BCUT2D eigenvalue weighted by Gasteiger charge is -2.24. The van der Waals surface area contributed by atoms with Gasteiger partial charge in [0.15, 0.2) is 5.82 Å². The molecule has 0 amide bonds. The van der Waals surface area contributed by atoms with Gasteiger partial charge in [0.1, 0.15) is 0 Å². The first-order valence-electron chi connectivity index (χ1n) is 6.08. The van der Waals surface area contributed by atoms with Crippen LogP contribution in [0.2, 0.25) is 0 Å². The topological polar surface area (TPSA) is 38.1 Å². The Balaban J connectivity index is 2.20. The van der Waals surface area contributed by atoms with Crippen molar-refractivity contribution in [1.82, 2.24) is 9.55 Å². The molecule has 1 aromatic heterocycles. The van der Waals surface area contributed by atoms with E-state index in [0.29, 0.717) is 17.7 Å². The van der Waals surface area contributed by atoms with E-state index in [0.717, 1.165) is 32.2 Å². The molecular weight excluding hydrogens is 238 g/mol. The van der Waals surface area contributed by atoms with Crippen molar-refractivity contribution in [2.24, 2.45) is 7.05 Å². The molecule has 0 aromatic carbocycles. The van der Waals surface area contributed by atoms with E-state index in [-0.39, 0.29) is 5.56 Å². The first kappa shape index (κ1) is 12.4. The lowest BCUT2D eigenvalue weighted by atomic mass is 10.1. The Morgan fingerprint density at radius 1 is 1.59 bits per heavy atom. The number of nitrogens with zero attached hydrogens (tertiary/aromatic N) is 3. The average molecular weight is 256 g/mol. The Hall–Kier alpha value is -1.03. The monoisotopic (exact) mass is 255 g/mol. The predicted molar refractivity (Wildman–Crippen MR) is 69.8 cm³/mol. The number of alkyl halides is 1. The first-order valence-corrected chi connectivity index (χ1v) is 6.61. The van der Waals surface area contributed by atoms with Gasteiger partial charge in [-0.25, -0.2) is 4.98 Å². The molecule has 4 nitrogen and oxygen atoms in total. The fraction of sp³-hybridized carbons (Fsp3) is 0.667. The van der Waals surface area contributed by atoms with E-state index in [1.807, 2.05) is 0 Å². The van der Waals surface area contributed by atoms with Gasteiger partial charge in [0, 0.05) is 37.9 Å². The van der Waals surface area contributed by atoms with Gasteiger partial charge in [-0.3, -0.25) is 4.79 Å². The third-order valence-corrected chi connectivity index (χ3v) is 3.59. The molecule has 2 heterocycles. The predicted octanol–water partition coefficient (Wildman–Crippen LogP) is 1.77. The molecule has 17 heavy (non-hydrogen) atoms. The van der Waals surface area contributed by atoms with E-state index in [2.05, 4.69) is 9.88 Å². The van der Waals surface area contributed by atoms with Crippen LogP contribution in [0.4, 0.5) is 5.82 Å². The summed E-state index contributed by atoms with van der Waals surface area (Å²) >= 11 is 5.73. The van der Waals surface area contributed by atoms with Gasteiger partial charge in [0.25, 0.3) is 5.56 Å². The van der Waals surface area contributed by atoms with Gasteiger partial charge < -0.3 is 9.47 Å². The van der Waals surface area contributed by atoms with Gasteiger partial charge in [-0.1, -0.05) is 0 Å². The minimum Gasteiger partial charge on any atom is -0.349 e. The summed E-state index contributed by atoms with van der Waals surface area (Å²) in [5.41, 5.74) is -0.00901. The Morgan fingerprint density at radius 3 is 3.18 bits per heavy atom. The number of rotatable bonds is 4. The highest BCUT2D eigenvalue weighted by Gasteiger charge is 2.27. The number of halogens is 1. The van der Waals surface area contributed by atoms with Crippen LogP contribution in [-0.2, 0) is 7.05 Å². The van der Waals surface area contributed by atoms with E-state index in [1.54, 1.807) is 24.0 Å². The normalized spacial score (nSPS) is 19.9. The third kappa shape index (κ3) is 2.63. The van der Waals surface area contributed by atoms with E-state index in [1.165, 1.54) is 0 Å². The zero-order chi connectivity index (χ0) is 12.3. The molecule has 0 saturated carbocycles. The summed E-state index contributed by atoms with van der Waals surface area (Å²) in [6.07, 6.45) is 7.69. The lowest BCUT2D eigenvalue weighted by molar-refractivity contribution is 0.594. The zero-order valence-corrected chi connectivity index (χ0v) is 10.9. The van der Waals surface area contributed by atoms with Gasteiger partial charge >= 0.3 is 0 Å². The number of hydrogen-bond acceptors (Lipinski definition) is 3. The summed E-state index contributed by atoms with van der Waals surface area (Å²) < 4.78 is 1.58. The molecule has 94 valence electrons. The Morgan fingerprint density at radius 2 is 2.41 bits per heavy atom. The summed E-state index contributed by atoms with van der Waals surface area (Å²) in [4.78, 5) is 18.4. The minimum absolute atomic E-state index is 0.00901. The largest absolute Gasteiger partial charge is 0.349 e. The maximum atomic E-state index is 12.0. The molecule has 1 unspecified atom stereocenters. The van der Waals surface area contributed by atoms with Crippen LogP contribution in [-0.4, -0.2) is 28.0 Å². The van der Waals surface area contributed by atoms with Crippen LogP contribution in [0.1, 0.15) is 25.7 Å². The Bertz CT molecular complexity index is 432. The summed E-state index contributed by atoms with van der Waals surface area (Å²) in [5.74, 6) is 1.27. The van der Waals surface area contributed by atoms with E-state index in [9.17, 15) is 4.79 Å². The molecule has 1 aliphatic rings. The molecule has 1 saturated heterocycles. The highest BCUT2D eigenvalue weighted by molar-refractivity contribution is 6.17. The van der Waals surface area contributed by atoms with Crippen molar-refractivity contribution in [3.63, 3.8) is 0 Å². The van der Waals surface area contributed by atoms with Crippen LogP contribution in [0.5, 0.6) is 0 Å². The van der Waals surface area contributed by atoms with Crippen LogP contribution in [0, 0.1) is 0 Å². The maximum Gasteiger partial charge on any atom is 0.293 e. The Kier molecular flexibility index (Phi) is 4.05. The average Bonchev–Trinajstić information content (AvgIpc) is 2.78. The van der Waals surface area contributed by atoms with Crippen molar-refractivity contribution in [3.05, 3.63) is 22.7 Å². The molecule has 0 aliphatic carbocycles. The molecule has 1 atom stereocenters. The van der Waals surface area contributed by atoms with Gasteiger partial charge in [-0.15, -0.1) is 11.6 Å². The smallest absolute Gasteiger partial charge is 0.293 e. The molecule has 1 fully saturated rings. The minimum atomic E-state index is -0.00901. The van der Waals surface area contributed by atoms with Gasteiger partial charge in [0.05, 0.1) is 0 Å². The van der Waals surface area contributed by atoms with Crippen molar-refractivity contribution in [2.75, 3.05) is 17.3 Å². The fourth-order valence-electron chi connectivity index (χ4n) is 2.41. The van der Waals surface area contributed by atoms with E-state index >= 15 is 0 Å². The quantitative estimate of drug-likeness (QED) is 0.770. The van der Waals surface area contributed by atoms with Crippen LogP contribution in [0.15, 0.2) is 17.2 Å². The highest BCUT2D eigenvalue weighted by atomic mass is 35.5. The number of aromatic nitrogens is 2. The fourth-order valence-corrected chi connectivity index (χ4v) is 2.56. The molecule has 0 N–H and O–H groups in total. The standard InChI is InChI=1S/C12H18ClN3O/c1-15-9-7-14-11(12(15)17)16-8-3-5-10(16)4-2-6-13/h7,9-10H,2-6,8H2,1H3. The second-order valence-corrected chi connectivity index (χ2v) is 4.87. The Labute approximate surface area is 106 Å². The molecular formula is C12H18ClN3O. The first-order chi connectivity index (χ1) is 8.24. The SMILES string of the molecule is Cn1ccnc(N2CCCC2CCCCl)c1=O. The molecule has 1 aromatic rings. The van der Waals surface area contributed by atoms with Crippen molar-refractivity contribution >= 4 is 17.4 Å². The summed E-state index contributed by atoms with van der Waals surface area (Å²) in [6.45, 7) is 0.930. The van der Waals surface area contributed by atoms with Crippen molar-refractivity contribution < 1.29 is 0 Å².